The van der Waals surface area contributed by atoms with Crippen molar-refractivity contribution in [2.75, 3.05) is 6.61 Å². The van der Waals surface area contributed by atoms with Crippen molar-refractivity contribution in [2.45, 2.75) is 30.3 Å². The van der Waals surface area contributed by atoms with Crippen molar-refractivity contribution in [3.8, 4) is 0 Å². The highest BCUT2D eigenvalue weighted by atomic mass is 16.4. The minimum atomic E-state index is -2.05. The van der Waals surface area contributed by atoms with Crippen LogP contribution in [0.25, 0.3) is 0 Å². The van der Waals surface area contributed by atoms with Gasteiger partial charge in [0.25, 0.3) is 0 Å². The predicted molar refractivity (Wildman–Crippen MR) is 39.7 cm³/mol. The summed E-state index contributed by atoms with van der Waals surface area (Å²) in [5, 5.41) is 45.4. The van der Waals surface area contributed by atoms with E-state index in [1.807, 2.05) is 0 Å². The van der Waals surface area contributed by atoms with Gasteiger partial charge in [0, 0.05) is 6.42 Å². The van der Waals surface area contributed by atoms with Gasteiger partial charge >= 0.3 is 0 Å². The minimum absolute atomic E-state index is 0.567. The van der Waals surface area contributed by atoms with E-state index in [-0.39, 0.29) is 0 Å². The van der Waals surface area contributed by atoms with Gasteiger partial charge in [0.15, 0.2) is 5.78 Å². The Morgan fingerprint density at radius 1 is 1.38 bits per heavy atom. The van der Waals surface area contributed by atoms with Crippen LogP contribution in [0.15, 0.2) is 0 Å². The molecule has 76 valence electrons. The number of aliphatic hydroxyl groups is 5. The molecule has 6 nitrogen and oxygen atoms in total. The second-order valence-electron chi connectivity index (χ2n) is 3.29. The number of aliphatic hydroxyl groups excluding tert-OH is 4. The average Bonchev–Trinajstić information content (AvgIpc) is 2.12. The van der Waals surface area contributed by atoms with Crippen molar-refractivity contribution in [1.82, 2.24) is 0 Å². The zero-order valence-electron chi connectivity index (χ0n) is 6.79. The van der Waals surface area contributed by atoms with E-state index in [9.17, 15) is 15.0 Å². The molecule has 0 heterocycles. The Morgan fingerprint density at radius 3 is 2.38 bits per heavy atom. The lowest BCUT2D eigenvalue weighted by molar-refractivity contribution is -0.198. The second kappa shape index (κ2) is 3.32. The van der Waals surface area contributed by atoms with Gasteiger partial charge in [0.05, 0.1) is 6.61 Å². The van der Waals surface area contributed by atoms with Gasteiger partial charge in [0.1, 0.15) is 23.9 Å². The molecule has 1 aliphatic rings. The van der Waals surface area contributed by atoms with Crippen LogP contribution in [0.5, 0.6) is 0 Å². The molecule has 0 aromatic carbocycles. The van der Waals surface area contributed by atoms with E-state index in [1.165, 1.54) is 0 Å². The van der Waals surface area contributed by atoms with Crippen LogP contribution in [-0.4, -0.2) is 61.8 Å². The van der Waals surface area contributed by atoms with Gasteiger partial charge in [0.2, 0.25) is 0 Å². The maximum absolute atomic E-state index is 10.9. The van der Waals surface area contributed by atoms with E-state index in [0.29, 0.717) is 0 Å². The van der Waals surface area contributed by atoms with Crippen molar-refractivity contribution in [2.24, 2.45) is 0 Å². The molecule has 0 amide bonds. The van der Waals surface area contributed by atoms with Gasteiger partial charge in [-0.2, -0.15) is 0 Å². The molecule has 6 heteroatoms. The van der Waals surface area contributed by atoms with Crippen LogP contribution in [0.1, 0.15) is 6.42 Å². The van der Waals surface area contributed by atoms with Gasteiger partial charge < -0.3 is 25.5 Å². The predicted octanol–water partition coefficient (Wildman–Crippen LogP) is -3.23. The van der Waals surface area contributed by atoms with Crippen molar-refractivity contribution >= 4 is 5.78 Å². The molecule has 0 saturated heterocycles. The van der Waals surface area contributed by atoms with Crippen LogP contribution >= 0.6 is 0 Å². The summed E-state index contributed by atoms with van der Waals surface area (Å²) in [6.45, 7) is -0.844. The molecule has 0 unspecified atom stereocenters. The topological polar surface area (TPSA) is 118 Å². The highest BCUT2D eigenvalue weighted by molar-refractivity contribution is 5.85. The van der Waals surface area contributed by atoms with Gasteiger partial charge in [-0.25, -0.2) is 0 Å². The number of ketones is 1. The first kappa shape index (κ1) is 10.6. The van der Waals surface area contributed by atoms with Crippen LogP contribution in [0, 0.1) is 0 Å². The maximum Gasteiger partial charge on any atom is 0.167 e. The molecule has 0 aliphatic heterocycles. The zero-order chi connectivity index (χ0) is 10.2. The van der Waals surface area contributed by atoms with Gasteiger partial charge in [-0.15, -0.1) is 0 Å². The summed E-state index contributed by atoms with van der Waals surface area (Å²) in [5.74, 6) is -0.797. The Kier molecular flexibility index (Phi) is 2.69. The molecule has 1 saturated carbocycles. The molecule has 13 heavy (non-hydrogen) atoms. The van der Waals surface area contributed by atoms with Crippen molar-refractivity contribution in [1.29, 1.82) is 0 Å². The number of hydrogen-bond acceptors (Lipinski definition) is 6. The first-order valence-corrected chi connectivity index (χ1v) is 3.82. The summed E-state index contributed by atoms with van der Waals surface area (Å²) in [7, 11) is 0. The van der Waals surface area contributed by atoms with Crippen molar-refractivity contribution < 1.29 is 30.3 Å². The Hall–Kier alpha value is -0.530. The van der Waals surface area contributed by atoms with Crippen molar-refractivity contribution in [3.63, 3.8) is 0 Å². The molecule has 0 spiro atoms. The molecule has 0 aromatic heterocycles. The molecule has 1 fully saturated rings. The normalized spacial score (nSPS) is 46.5. The Balaban J connectivity index is 2.88. The molecule has 1 rings (SSSR count). The third-order valence-electron chi connectivity index (χ3n) is 2.28. The van der Waals surface area contributed by atoms with Gasteiger partial charge in [-0.1, -0.05) is 0 Å². The number of hydrogen-bond donors (Lipinski definition) is 5. The largest absolute Gasteiger partial charge is 0.393 e. The number of carbonyl (C=O) groups excluding carboxylic acids is 1. The Morgan fingerprint density at radius 2 is 1.92 bits per heavy atom. The maximum atomic E-state index is 10.9. The van der Waals surface area contributed by atoms with Gasteiger partial charge in [-0.3, -0.25) is 4.79 Å². The molecule has 0 aromatic rings. The molecule has 1 aliphatic carbocycles. The fourth-order valence-electron chi connectivity index (χ4n) is 1.34. The van der Waals surface area contributed by atoms with Crippen molar-refractivity contribution in [3.05, 3.63) is 0 Å². The van der Waals surface area contributed by atoms with E-state index >= 15 is 0 Å². The highest BCUT2D eigenvalue weighted by Gasteiger charge is 2.50. The summed E-state index contributed by atoms with van der Waals surface area (Å²) in [6, 6.07) is 0. The quantitative estimate of drug-likeness (QED) is 0.298. The molecule has 4 atom stereocenters. The SMILES string of the molecule is O=C1C[C@@](O)(CO)[C@@H](O)[C@H](O)[C@H]1O. The van der Waals surface area contributed by atoms with E-state index in [2.05, 4.69) is 0 Å². The van der Waals surface area contributed by atoms with Crippen LogP contribution in [-0.2, 0) is 4.79 Å². The second-order valence-corrected chi connectivity index (χ2v) is 3.29. The fraction of sp³-hybridized carbons (Fsp3) is 0.857. The number of rotatable bonds is 1. The Labute approximate surface area is 74.1 Å². The average molecular weight is 192 g/mol. The summed E-state index contributed by atoms with van der Waals surface area (Å²) in [4.78, 5) is 10.9. The zero-order valence-corrected chi connectivity index (χ0v) is 6.79. The standard InChI is InChI=1S/C7H12O6/c8-2-7(13)1-3(9)4(10)5(11)6(7)12/h4-6,8,10-13H,1-2H2/t4-,5+,6-,7+/m0/s1. The van der Waals surface area contributed by atoms with Gasteiger partial charge in [-0.05, 0) is 0 Å². The van der Waals surface area contributed by atoms with E-state index in [0.717, 1.165) is 0 Å². The van der Waals surface area contributed by atoms with Crippen LogP contribution in [0.3, 0.4) is 0 Å². The lowest BCUT2D eigenvalue weighted by Crippen LogP contribution is -2.62. The van der Waals surface area contributed by atoms with Crippen LogP contribution in [0.4, 0.5) is 0 Å². The summed E-state index contributed by atoms with van der Waals surface area (Å²) >= 11 is 0. The summed E-state index contributed by atoms with van der Waals surface area (Å²) in [5.41, 5.74) is -2.05. The fourth-order valence-corrected chi connectivity index (χ4v) is 1.34. The molecular weight excluding hydrogens is 180 g/mol. The van der Waals surface area contributed by atoms with E-state index in [1.54, 1.807) is 0 Å². The smallest absolute Gasteiger partial charge is 0.167 e. The monoisotopic (exact) mass is 192 g/mol. The van der Waals surface area contributed by atoms with E-state index < -0.39 is 42.7 Å². The molecule has 0 bridgehead atoms. The van der Waals surface area contributed by atoms with Crippen LogP contribution in [0.2, 0.25) is 0 Å². The Bertz CT molecular complexity index is 217. The van der Waals surface area contributed by atoms with Crippen LogP contribution < -0.4 is 0 Å². The first-order valence-electron chi connectivity index (χ1n) is 3.82. The molecule has 5 N–H and O–H groups in total. The molecular formula is C7H12O6. The third-order valence-corrected chi connectivity index (χ3v) is 2.28. The first-order chi connectivity index (χ1) is 5.92. The van der Waals surface area contributed by atoms with E-state index in [4.69, 9.17) is 15.3 Å². The minimum Gasteiger partial charge on any atom is -0.393 e. The highest BCUT2D eigenvalue weighted by Crippen LogP contribution is 2.26. The number of carbonyl (C=O) groups is 1. The lowest BCUT2D eigenvalue weighted by Gasteiger charge is -2.39. The third kappa shape index (κ3) is 1.59. The number of Topliss-reactive ketones (excluding diaryl/α,β-unsaturated/α-hetero) is 1. The summed E-state index contributed by atoms with van der Waals surface area (Å²) < 4.78 is 0. The summed E-state index contributed by atoms with van der Waals surface area (Å²) in [6.07, 6.45) is -5.73. The molecule has 0 radical (unpaired) electrons. The lowest BCUT2D eigenvalue weighted by atomic mass is 9.78.